The number of aromatic nitrogens is 1. The third-order valence-corrected chi connectivity index (χ3v) is 5.65. The lowest BCUT2D eigenvalue weighted by atomic mass is 9.73. The maximum Gasteiger partial charge on any atom is 0.235 e. The zero-order valence-electron chi connectivity index (χ0n) is 16.1. The van der Waals surface area contributed by atoms with Crippen LogP contribution in [-0.4, -0.2) is 23.7 Å². The molecule has 5 heteroatoms. The summed E-state index contributed by atoms with van der Waals surface area (Å²) >= 11 is 0. The minimum Gasteiger partial charge on any atom is -0.381 e. The standard InChI is InChI=1S/C23H25FN2O2/c1-2-11-26-12-8-17-15-20(6-7-21(17)26)25-22(27)23(9-13-28-14-10-23)18-4-3-5-19(24)16-18/h3-8,12,15-16H,2,9-11,13-14H2,1H3,(H,25,27). The second-order valence-corrected chi connectivity index (χ2v) is 7.44. The molecule has 0 unspecified atom stereocenters. The van der Waals surface area contributed by atoms with Gasteiger partial charge in [0.25, 0.3) is 0 Å². The number of carbonyl (C=O) groups excluding carboxylic acids is 1. The summed E-state index contributed by atoms with van der Waals surface area (Å²) in [4.78, 5) is 13.4. The van der Waals surface area contributed by atoms with Gasteiger partial charge in [-0.15, -0.1) is 0 Å². The van der Waals surface area contributed by atoms with Crippen molar-refractivity contribution < 1.29 is 13.9 Å². The van der Waals surface area contributed by atoms with Crippen molar-refractivity contribution in [2.24, 2.45) is 0 Å². The number of carbonyl (C=O) groups is 1. The number of rotatable bonds is 5. The Bertz CT molecular complexity index is 989. The number of hydrogen-bond donors (Lipinski definition) is 1. The van der Waals surface area contributed by atoms with Gasteiger partial charge in [-0.3, -0.25) is 4.79 Å². The van der Waals surface area contributed by atoms with Crippen molar-refractivity contribution >= 4 is 22.5 Å². The maximum atomic E-state index is 13.9. The molecule has 0 saturated carbocycles. The van der Waals surface area contributed by atoms with Crippen LogP contribution in [0.1, 0.15) is 31.7 Å². The summed E-state index contributed by atoms with van der Waals surface area (Å²) in [7, 11) is 0. The Labute approximate surface area is 164 Å². The van der Waals surface area contributed by atoms with E-state index in [1.165, 1.54) is 12.1 Å². The van der Waals surface area contributed by atoms with E-state index in [1.54, 1.807) is 6.07 Å². The first-order chi connectivity index (χ1) is 13.6. The van der Waals surface area contributed by atoms with E-state index in [0.29, 0.717) is 31.6 Å². The van der Waals surface area contributed by atoms with Gasteiger partial charge in [-0.05, 0) is 61.2 Å². The molecule has 4 rings (SSSR count). The maximum absolute atomic E-state index is 13.9. The largest absolute Gasteiger partial charge is 0.381 e. The van der Waals surface area contributed by atoms with Crippen molar-refractivity contribution in [2.45, 2.75) is 38.1 Å². The van der Waals surface area contributed by atoms with Crippen LogP contribution < -0.4 is 5.32 Å². The lowest BCUT2D eigenvalue weighted by Gasteiger charge is -2.36. The summed E-state index contributed by atoms with van der Waals surface area (Å²) < 4.78 is 21.6. The zero-order valence-corrected chi connectivity index (χ0v) is 16.1. The lowest BCUT2D eigenvalue weighted by Crippen LogP contribution is -2.44. The van der Waals surface area contributed by atoms with E-state index in [9.17, 15) is 9.18 Å². The molecule has 0 aliphatic carbocycles. The normalized spacial score (nSPS) is 16.2. The first-order valence-electron chi connectivity index (χ1n) is 9.86. The molecular weight excluding hydrogens is 355 g/mol. The van der Waals surface area contributed by atoms with Gasteiger partial charge >= 0.3 is 0 Å². The van der Waals surface area contributed by atoms with Crippen LogP contribution in [0.3, 0.4) is 0 Å². The minimum atomic E-state index is -0.774. The molecule has 0 spiro atoms. The Balaban J connectivity index is 1.64. The van der Waals surface area contributed by atoms with Gasteiger partial charge in [-0.2, -0.15) is 0 Å². The summed E-state index contributed by atoms with van der Waals surface area (Å²) in [6.07, 6.45) is 4.22. The summed E-state index contributed by atoms with van der Waals surface area (Å²) in [5.74, 6) is -0.427. The molecule has 0 atom stereocenters. The number of halogens is 1. The van der Waals surface area contributed by atoms with E-state index >= 15 is 0 Å². The van der Waals surface area contributed by atoms with Gasteiger partial charge in [0.05, 0.1) is 5.41 Å². The van der Waals surface area contributed by atoms with E-state index in [4.69, 9.17) is 4.74 Å². The molecule has 0 radical (unpaired) electrons. The molecule has 2 heterocycles. The fourth-order valence-electron chi connectivity index (χ4n) is 4.12. The van der Waals surface area contributed by atoms with Crippen molar-refractivity contribution in [2.75, 3.05) is 18.5 Å². The number of nitrogens with one attached hydrogen (secondary N) is 1. The highest BCUT2D eigenvalue weighted by atomic mass is 19.1. The highest BCUT2D eigenvalue weighted by Crippen LogP contribution is 2.36. The van der Waals surface area contributed by atoms with Gasteiger partial charge < -0.3 is 14.6 Å². The summed E-state index contributed by atoms with van der Waals surface area (Å²) in [6.45, 7) is 4.10. The molecule has 1 N–H and O–H groups in total. The van der Waals surface area contributed by atoms with Crippen LogP contribution in [0.2, 0.25) is 0 Å². The quantitative estimate of drug-likeness (QED) is 0.686. The van der Waals surface area contributed by atoms with E-state index in [0.717, 1.165) is 29.6 Å². The fraction of sp³-hybridized carbons (Fsp3) is 0.348. The molecule has 1 fully saturated rings. The molecule has 28 heavy (non-hydrogen) atoms. The van der Waals surface area contributed by atoms with Gasteiger partial charge in [-0.1, -0.05) is 19.1 Å². The van der Waals surface area contributed by atoms with Crippen LogP contribution >= 0.6 is 0 Å². The highest BCUT2D eigenvalue weighted by Gasteiger charge is 2.42. The highest BCUT2D eigenvalue weighted by molar-refractivity contribution is 6.00. The molecular formula is C23H25FN2O2. The third-order valence-electron chi connectivity index (χ3n) is 5.65. The molecule has 1 saturated heterocycles. The number of aryl methyl sites for hydroxylation is 1. The summed E-state index contributed by atoms with van der Waals surface area (Å²) in [5, 5.41) is 4.17. The Morgan fingerprint density at radius 2 is 2.00 bits per heavy atom. The van der Waals surface area contributed by atoms with Gasteiger partial charge in [0.15, 0.2) is 0 Å². The molecule has 4 nitrogen and oxygen atoms in total. The van der Waals surface area contributed by atoms with Crippen LogP contribution in [0, 0.1) is 5.82 Å². The number of benzene rings is 2. The number of fused-ring (bicyclic) bond motifs is 1. The number of anilines is 1. The average molecular weight is 380 g/mol. The van der Waals surface area contributed by atoms with Crippen molar-refractivity contribution in [1.29, 1.82) is 0 Å². The Hall–Kier alpha value is -2.66. The molecule has 1 aliphatic heterocycles. The summed E-state index contributed by atoms with van der Waals surface area (Å²) in [6, 6.07) is 14.4. The minimum absolute atomic E-state index is 0.103. The number of amides is 1. The first kappa shape index (κ1) is 18.7. The Morgan fingerprint density at radius 1 is 1.18 bits per heavy atom. The van der Waals surface area contributed by atoms with Crippen LogP contribution in [0.5, 0.6) is 0 Å². The van der Waals surface area contributed by atoms with Crippen molar-refractivity contribution in [3.8, 4) is 0 Å². The second kappa shape index (κ2) is 7.76. The lowest BCUT2D eigenvalue weighted by molar-refractivity contribution is -0.125. The van der Waals surface area contributed by atoms with Gasteiger partial charge in [0.1, 0.15) is 5.82 Å². The summed E-state index contributed by atoms with van der Waals surface area (Å²) in [5.41, 5.74) is 1.85. The van der Waals surface area contributed by atoms with Crippen molar-refractivity contribution in [1.82, 2.24) is 4.57 Å². The van der Waals surface area contributed by atoms with Crippen LogP contribution in [0.15, 0.2) is 54.7 Å². The second-order valence-electron chi connectivity index (χ2n) is 7.44. The van der Waals surface area contributed by atoms with E-state index in [1.807, 2.05) is 24.3 Å². The van der Waals surface area contributed by atoms with E-state index < -0.39 is 5.41 Å². The monoisotopic (exact) mass is 380 g/mol. The number of hydrogen-bond acceptors (Lipinski definition) is 2. The average Bonchev–Trinajstić information content (AvgIpc) is 3.11. The van der Waals surface area contributed by atoms with Gasteiger partial charge in [-0.25, -0.2) is 4.39 Å². The Kier molecular flexibility index (Phi) is 5.18. The topological polar surface area (TPSA) is 43.3 Å². The van der Waals surface area contributed by atoms with Gasteiger partial charge in [0.2, 0.25) is 5.91 Å². The molecule has 1 aliphatic rings. The zero-order chi connectivity index (χ0) is 19.6. The number of nitrogens with zero attached hydrogens (tertiary/aromatic N) is 1. The van der Waals surface area contributed by atoms with Crippen LogP contribution in [-0.2, 0) is 21.5 Å². The predicted octanol–water partition coefficient (Wildman–Crippen LogP) is 4.88. The van der Waals surface area contributed by atoms with Crippen molar-refractivity contribution in [3.05, 3.63) is 66.1 Å². The molecule has 1 aromatic heterocycles. The van der Waals surface area contributed by atoms with Crippen LogP contribution in [0.25, 0.3) is 10.9 Å². The number of ether oxygens (including phenoxy) is 1. The smallest absolute Gasteiger partial charge is 0.235 e. The van der Waals surface area contributed by atoms with E-state index in [2.05, 4.69) is 29.1 Å². The molecule has 146 valence electrons. The predicted molar refractivity (Wildman–Crippen MR) is 109 cm³/mol. The fourth-order valence-corrected chi connectivity index (χ4v) is 4.12. The Morgan fingerprint density at radius 3 is 2.75 bits per heavy atom. The van der Waals surface area contributed by atoms with Crippen LogP contribution in [0.4, 0.5) is 10.1 Å². The third kappa shape index (κ3) is 3.42. The first-order valence-corrected chi connectivity index (χ1v) is 9.86. The molecule has 3 aromatic rings. The molecule has 1 amide bonds. The van der Waals surface area contributed by atoms with E-state index in [-0.39, 0.29) is 11.7 Å². The van der Waals surface area contributed by atoms with Gasteiger partial charge in [0, 0.05) is 42.5 Å². The van der Waals surface area contributed by atoms with Crippen molar-refractivity contribution in [3.63, 3.8) is 0 Å². The molecule has 2 aromatic carbocycles. The SMILES string of the molecule is CCCn1ccc2cc(NC(=O)C3(c4cccc(F)c4)CCOCC3)ccc21. The molecule has 0 bridgehead atoms.